The maximum absolute atomic E-state index is 6.23. The van der Waals surface area contributed by atoms with Crippen LogP contribution in [0.5, 0.6) is 5.75 Å². The number of rotatable bonds is 3. The van der Waals surface area contributed by atoms with Gasteiger partial charge in [0.25, 0.3) is 0 Å². The van der Waals surface area contributed by atoms with Crippen molar-refractivity contribution in [3.8, 4) is 5.75 Å². The standard InChI is InChI=1S/C17H22N2O/c1-12-9-15-16(18)7-4-8-17(15)19(12)11-13-5-3-6-14(10-13)20-2/h3,5-6,9-10,16H,4,7-8,11,18H2,1-2H3. The van der Waals surface area contributed by atoms with E-state index in [0.29, 0.717) is 0 Å². The first-order chi connectivity index (χ1) is 9.69. The summed E-state index contributed by atoms with van der Waals surface area (Å²) in [6.07, 6.45) is 3.44. The molecule has 1 aliphatic rings. The summed E-state index contributed by atoms with van der Waals surface area (Å²) < 4.78 is 7.71. The highest BCUT2D eigenvalue weighted by molar-refractivity contribution is 5.35. The third-order valence-corrected chi connectivity index (χ3v) is 4.25. The lowest BCUT2D eigenvalue weighted by atomic mass is 9.93. The van der Waals surface area contributed by atoms with E-state index < -0.39 is 0 Å². The fourth-order valence-corrected chi connectivity index (χ4v) is 3.17. The summed E-state index contributed by atoms with van der Waals surface area (Å²) in [4.78, 5) is 0. The van der Waals surface area contributed by atoms with Gasteiger partial charge in [-0.3, -0.25) is 0 Å². The van der Waals surface area contributed by atoms with E-state index in [-0.39, 0.29) is 6.04 Å². The molecule has 0 aliphatic heterocycles. The number of hydrogen-bond acceptors (Lipinski definition) is 2. The van der Waals surface area contributed by atoms with E-state index in [1.54, 1.807) is 7.11 Å². The van der Waals surface area contributed by atoms with Crippen molar-refractivity contribution in [2.45, 2.75) is 38.8 Å². The normalized spacial score (nSPS) is 17.9. The van der Waals surface area contributed by atoms with Crippen molar-refractivity contribution < 1.29 is 4.74 Å². The van der Waals surface area contributed by atoms with E-state index in [1.165, 1.54) is 28.9 Å². The molecule has 3 rings (SSSR count). The molecule has 2 N–H and O–H groups in total. The lowest BCUT2D eigenvalue weighted by molar-refractivity contribution is 0.414. The molecule has 0 spiro atoms. The van der Waals surface area contributed by atoms with Gasteiger partial charge in [0.05, 0.1) is 7.11 Å². The number of nitrogens with zero attached hydrogens (tertiary/aromatic N) is 1. The van der Waals surface area contributed by atoms with Gasteiger partial charge in [0.1, 0.15) is 5.75 Å². The smallest absolute Gasteiger partial charge is 0.119 e. The molecule has 3 heteroatoms. The minimum Gasteiger partial charge on any atom is -0.497 e. The van der Waals surface area contributed by atoms with Gasteiger partial charge < -0.3 is 15.0 Å². The SMILES string of the molecule is COc1cccc(Cn2c(C)cc3c2CCCC3N)c1. The Morgan fingerprint density at radius 3 is 3.00 bits per heavy atom. The summed E-state index contributed by atoms with van der Waals surface area (Å²) in [6.45, 7) is 3.07. The van der Waals surface area contributed by atoms with Crippen LogP contribution in [0.4, 0.5) is 0 Å². The van der Waals surface area contributed by atoms with Gasteiger partial charge in [-0.25, -0.2) is 0 Å². The van der Waals surface area contributed by atoms with Crippen molar-refractivity contribution in [1.29, 1.82) is 0 Å². The lowest BCUT2D eigenvalue weighted by Crippen LogP contribution is -2.18. The number of methoxy groups -OCH3 is 1. The first-order valence-electron chi connectivity index (χ1n) is 7.26. The molecule has 1 aliphatic carbocycles. The lowest BCUT2D eigenvalue weighted by Gasteiger charge is -2.21. The second-order valence-electron chi connectivity index (χ2n) is 5.62. The number of ether oxygens (including phenoxy) is 1. The number of nitrogens with two attached hydrogens (primary N) is 1. The van der Waals surface area contributed by atoms with Gasteiger partial charge in [-0.15, -0.1) is 0 Å². The van der Waals surface area contributed by atoms with Crippen molar-refractivity contribution >= 4 is 0 Å². The van der Waals surface area contributed by atoms with Crippen LogP contribution in [0.1, 0.15) is 41.4 Å². The Hall–Kier alpha value is -1.74. The second kappa shape index (κ2) is 5.33. The maximum Gasteiger partial charge on any atom is 0.119 e. The zero-order valence-corrected chi connectivity index (χ0v) is 12.2. The fraction of sp³-hybridized carbons (Fsp3) is 0.412. The van der Waals surface area contributed by atoms with Crippen molar-refractivity contribution in [3.63, 3.8) is 0 Å². The van der Waals surface area contributed by atoms with E-state index in [9.17, 15) is 0 Å². The molecule has 0 bridgehead atoms. The number of fused-ring (bicyclic) bond motifs is 1. The van der Waals surface area contributed by atoms with Gasteiger partial charge in [0, 0.05) is 24.0 Å². The quantitative estimate of drug-likeness (QED) is 0.930. The molecular weight excluding hydrogens is 248 g/mol. The second-order valence-corrected chi connectivity index (χ2v) is 5.62. The van der Waals surface area contributed by atoms with E-state index in [2.05, 4.69) is 29.7 Å². The first kappa shape index (κ1) is 13.3. The predicted molar refractivity (Wildman–Crippen MR) is 81.1 cm³/mol. The van der Waals surface area contributed by atoms with Crippen LogP contribution in [0.25, 0.3) is 0 Å². The van der Waals surface area contributed by atoms with E-state index in [4.69, 9.17) is 10.5 Å². The molecule has 1 atom stereocenters. The third kappa shape index (κ3) is 2.34. The average molecular weight is 270 g/mol. The zero-order chi connectivity index (χ0) is 14.1. The van der Waals surface area contributed by atoms with Crippen LogP contribution < -0.4 is 10.5 Å². The van der Waals surface area contributed by atoms with E-state index in [1.807, 2.05) is 12.1 Å². The fourth-order valence-electron chi connectivity index (χ4n) is 3.17. The number of hydrogen-bond donors (Lipinski definition) is 1. The van der Waals surface area contributed by atoms with Crippen molar-refractivity contribution in [3.05, 3.63) is 52.8 Å². The summed E-state index contributed by atoms with van der Waals surface area (Å²) >= 11 is 0. The van der Waals surface area contributed by atoms with Gasteiger partial charge in [-0.1, -0.05) is 12.1 Å². The number of aryl methyl sites for hydroxylation is 1. The highest BCUT2D eigenvalue weighted by Crippen LogP contribution is 2.31. The first-order valence-corrected chi connectivity index (χ1v) is 7.26. The summed E-state index contributed by atoms with van der Waals surface area (Å²) in [5.74, 6) is 0.915. The Balaban J connectivity index is 1.94. The van der Waals surface area contributed by atoms with Crippen LogP contribution >= 0.6 is 0 Å². The van der Waals surface area contributed by atoms with Crippen LogP contribution in [0.3, 0.4) is 0 Å². The molecular formula is C17H22N2O. The highest BCUT2D eigenvalue weighted by atomic mass is 16.5. The largest absolute Gasteiger partial charge is 0.497 e. The van der Waals surface area contributed by atoms with Crippen LogP contribution in [0.15, 0.2) is 30.3 Å². The number of aromatic nitrogens is 1. The van der Waals surface area contributed by atoms with Crippen molar-refractivity contribution in [1.82, 2.24) is 4.57 Å². The summed E-state index contributed by atoms with van der Waals surface area (Å²) in [7, 11) is 1.71. The monoisotopic (exact) mass is 270 g/mol. The minimum atomic E-state index is 0.212. The van der Waals surface area contributed by atoms with Gasteiger partial charge in [-0.2, -0.15) is 0 Å². The van der Waals surface area contributed by atoms with Gasteiger partial charge in [0.15, 0.2) is 0 Å². The molecule has 1 heterocycles. The molecule has 106 valence electrons. The Labute approximate surface area is 120 Å². The van der Waals surface area contributed by atoms with E-state index in [0.717, 1.165) is 25.1 Å². The predicted octanol–water partition coefficient (Wildman–Crippen LogP) is 3.19. The Morgan fingerprint density at radius 2 is 2.20 bits per heavy atom. The zero-order valence-electron chi connectivity index (χ0n) is 12.2. The minimum absolute atomic E-state index is 0.212. The Kier molecular flexibility index (Phi) is 3.53. The van der Waals surface area contributed by atoms with Crippen LogP contribution in [0, 0.1) is 6.92 Å². The van der Waals surface area contributed by atoms with Crippen LogP contribution in [-0.2, 0) is 13.0 Å². The van der Waals surface area contributed by atoms with Gasteiger partial charge in [-0.05, 0) is 55.5 Å². The van der Waals surface area contributed by atoms with E-state index >= 15 is 0 Å². The van der Waals surface area contributed by atoms with Crippen molar-refractivity contribution in [2.75, 3.05) is 7.11 Å². The number of benzene rings is 1. The summed E-state index contributed by atoms with van der Waals surface area (Å²) in [6, 6.07) is 10.8. The summed E-state index contributed by atoms with van der Waals surface area (Å²) in [5, 5.41) is 0. The molecule has 1 aromatic carbocycles. The van der Waals surface area contributed by atoms with Crippen LogP contribution in [0.2, 0.25) is 0 Å². The van der Waals surface area contributed by atoms with Gasteiger partial charge >= 0.3 is 0 Å². The molecule has 2 aromatic rings. The van der Waals surface area contributed by atoms with Crippen LogP contribution in [-0.4, -0.2) is 11.7 Å². The Morgan fingerprint density at radius 1 is 1.35 bits per heavy atom. The molecule has 1 unspecified atom stereocenters. The maximum atomic E-state index is 6.23. The van der Waals surface area contributed by atoms with Gasteiger partial charge in [0.2, 0.25) is 0 Å². The Bertz CT molecular complexity index is 615. The van der Waals surface area contributed by atoms with Crippen molar-refractivity contribution in [2.24, 2.45) is 5.73 Å². The molecule has 0 saturated heterocycles. The summed E-state index contributed by atoms with van der Waals surface area (Å²) in [5.41, 5.74) is 11.6. The molecule has 0 amide bonds. The molecule has 0 saturated carbocycles. The molecule has 20 heavy (non-hydrogen) atoms. The molecule has 1 aromatic heterocycles. The molecule has 0 radical (unpaired) electrons. The average Bonchev–Trinajstić information content (AvgIpc) is 2.78. The molecule has 0 fully saturated rings. The topological polar surface area (TPSA) is 40.2 Å². The third-order valence-electron chi connectivity index (χ3n) is 4.25. The highest BCUT2D eigenvalue weighted by Gasteiger charge is 2.22. The molecule has 3 nitrogen and oxygen atoms in total.